The molecular formula is C27H30N4O3S. The number of pyridine rings is 2. The van der Waals surface area contributed by atoms with Crippen LogP contribution in [-0.2, 0) is 16.1 Å². The second-order valence-electron chi connectivity index (χ2n) is 10.6. The van der Waals surface area contributed by atoms with Crippen LogP contribution in [-0.4, -0.2) is 45.9 Å². The number of imide groups is 1. The van der Waals surface area contributed by atoms with Gasteiger partial charge in [-0.15, -0.1) is 11.3 Å². The maximum absolute atomic E-state index is 12.9. The molecule has 0 spiro atoms. The Morgan fingerprint density at radius 2 is 1.94 bits per heavy atom. The van der Waals surface area contributed by atoms with Crippen molar-refractivity contribution in [2.45, 2.75) is 53.2 Å². The molecule has 0 radical (unpaired) electrons. The van der Waals surface area contributed by atoms with Crippen molar-refractivity contribution in [1.29, 1.82) is 0 Å². The first-order chi connectivity index (χ1) is 16.8. The van der Waals surface area contributed by atoms with E-state index in [1.807, 2.05) is 46.0 Å². The Morgan fingerprint density at radius 3 is 2.66 bits per heavy atom. The fourth-order valence-electron chi connectivity index (χ4n) is 5.85. The molecule has 8 heteroatoms. The van der Waals surface area contributed by atoms with Gasteiger partial charge in [-0.05, 0) is 56.8 Å². The van der Waals surface area contributed by atoms with E-state index in [4.69, 9.17) is 4.74 Å². The summed E-state index contributed by atoms with van der Waals surface area (Å²) < 4.78 is 7.55. The number of nitrogens with zero attached hydrogens (tertiary/aromatic N) is 3. The van der Waals surface area contributed by atoms with E-state index in [-0.39, 0.29) is 35.2 Å². The van der Waals surface area contributed by atoms with Crippen molar-refractivity contribution < 1.29 is 14.3 Å². The molecule has 3 aliphatic rings. The Balaban J connectivity index is 1.35. The Hall–Kier alpha value is -2.84. The molecule has 5 heterocycles. The summed E-state index contributed by atoms with van der Waals surface area (Å²) in [4.78, 5) is 37.4. The number of nitrogens with one attached hydrogen (secondary N) is 1. The molecule has 3 fully saturated rings. The Morgan fingerprint density at radius 1 is 1.17 bits per heavy atom. The van der Waals surface area contributed by atoms with Gasteiger partial charge in [0.25, 0.3) is 0 Å². The molecule has 35 heavy (non-hydrogen) atoms. The summed E-state index contributed by atoms with van der Waals surface area (Å²) in [5.74, 6) is 0.434. The van der Waals surface area contributed by atoms with Crippen LogP contribution in [0.2, 0.25) is 0 Å². The van der Waals surface area contributed by atoms with Crippen LogP contribution < -0.4 is 10.1 Å². The van der Waals surface area contributed by atoms with Crippen LogP contribution in [0.25, 0.3) is 21.3 Å². The molecule has 2 aliphatic heterocycles. The maximum atomic E-state index is 12.9. The molecule has 0 aromatic carbocycles. The van der Waals surface area contributed by atoms with Crippen molar-refractivity contribution >= 4 is 33.4 Å². The average molecular weight is 491 g/mol. The fourth-order valence-corrected chi connectivity index (χ4v) is 6.98. The van der Waals surface area contributed by atoms with Gasteiger partial charge in [0.2, 0.25) is 11.8 Å². The molecular weight excluding hydrogens is 460 g/mol. The number of ether oxygens (including phenoxy) is 1. The first-order valence-electron chi connectivity index (χ1n) is 12.3. The van der Waals surface area contributed by atoms with Gasteiger partial charge in [-0.2, -0.15) is 0 Å². The van der Waals surface area contributed by atoms with E-state index in [0.29, 0.717) is 6.54 Å². The third kappa shape index (κ3) is 3.65. The van der Waals surface area contributed by atoms with Crippen LogP contribution in [0.5, 0.6) is 5.75 Å². The van der Waals surface area contributed by atoms with E-state index in [1.165, 1.54) is 4.90 Å². The van der Waals surface area contributed by atoms with E-state index >= 15 is 0 Å². The van der Waals surface area contributed by atoms with Crippen molar-refractivity contribution in [3.63, 3.8) is 0 Å². The number of rotatable bonds is 5. The molecule has 1 N–H and O–H groups in total. The number of aromatic nitrogens is 2. The quantitative estimate of drug-likeness (QED) is 0.539. The van der Waals surface area contributed by atoms with Crippen LogP contribution in [0.4, 0.5) is 0 Å². The van der Waals surface area contributed by atoms with Gasteiger partial charge in [-0.25, -0.2) is 0 Å². The molecule has 2 saturated heterocycles. The Kier molecular flexibility index (Phi) is 5.23. The van der Waals surface area contributed by atoms with Crippen molar-refractivity contribution in [3.8, 4) is 16.9 Å². The molecule has 1 saturated carbocycles. The van der Waals surface area contributed by atoms with Gasteiger partial charge in [0, 0.05) is 34.4 Å². The molecule has 6 rings (SSSR count). The molecule has 0 bridgehead atoms. The first-order valence-corrected chi connectivity index (χ1v) is 13.2. The lowest BCUT2D eigenvalue weighted by molar-refractivity contribution is -0.143. The Labute approximate surface area is 208 Å². The standard InChI is InChI=1S/C27H30N4O3S/c1-14-10-19(23(15(2)30-14)34-16-6-5-8-28-12-16)18-7-9-29-20-11-17(35-24(18)20)13-31-25(32)21-22(26(31)33)27(21,3)4/h7,9-11,16,21-22,28H,5-6,8,12-13H2,1-4H3/t16-,21?,22?/m0/s1. The number of likely N-dealkylation sites (tertiary alicyclic amines) is 1. The summed E-state index contributed by atoms with van der Waals surface area (Å²) in [6.07, 6.45) is 4.05. The minimum absolute atomic E-state index is 0.0344. The molecule has 2 amide bonds. The van der Waals surface area contributed by atoms with Crippen LogP contribution >= 0.6 is 11.3 Å². The zero-order valence-corrected chi connectivity index (χ0v) is 21.4. The van der Waals surface area contributed by atoms with Gasteiger partial charge in [-0.1, -0.05) is 13.8 Å². The number of carbonyl (C=O) groups is 2. The number of thiophene rings is 1. The van der Waals surface area contributed by atoms with Gasteiger partial charge in [0.05, 0.1) is 34.3 Å². The minimum atomic E-state index is -0.194. The number of fused-ring (bicyclic) bond motifs is 2. The molecule has 1 aliphatic carbocycles. The Bertz CT molecular complexity index is 1330. The number of hydrogen-bond acceptors (Lipinski definition) is 7. The molecule has 3 aromatic rings. The van der Waals surface area contributed by atoms with Gasteiger partial charge in [0.1, 0.15) is 11.9 Å². The second-order valence-corrected chi connectivity index (χ2v) is 11.8. The van der Waals surface area contributed by atoms with Gasteiger partial charge >= 0.3 is 0 Å². The third-order valence-electron chi connectivity index (χ3n) is 7.77. The minimum Gasteiger partial charge on any atom is -0.487 e. The van der Waals surface area contributed by atoms with Gasteiger partial charge in [-0.3, -0.25) is 24.5 Å². The SMILES string of the molecule is Cc1cc(-c2ccnc3cc(CN4C(=O)C5C(C4=O)C5(C)C)sc23)c(O[C@H]2CCCNC2)c(C)n1. The lowest BCUT2D eigenvalue weighted by Crippen LogP contribution is -2.37. The highest BCUT2D eigenvalue weighted by atomic mass is 32.1. The lowest BCUT2D eigenvalue weighted by Gasteiger charge is -2.26. The monoisotopic (exact) mass is 490 g/mol. The number of piperidine rings is 2. The van der Waals surface area contributed by atoms with Gasteiger partial charge in [0.15, 0.2) is 0 Å². The van der Waals surface area contributed by atoms with E-state index in [2.05, 4.69) is 21.4 Å². The van der Waals surface area contributed by atoms with Crippen molar-refractivity contribution in [1.82, 2.24) is 20.2 Å². The topological polar surface area (TPSA) is 84.4 Å². The molecule has 2 unspecified atom stereocenters. The highest BCUT2D eigenvalue weighted by Gasteiger charge is 2.72. The highest BCUT2D eigenvalue weighted by molar-refractivity contribution is 7.19. The zero-order chi connectivity index (χ0) is 24.5. The average Bonchev–Trinajstić information content (AvgIpc) is 3.07. The van der Waals surface area contributed by atoms with Crippen LogP contribution in [0.15, 0.2) is 24.4 Å². The van der Waals surface area contributed by atoms with Gasteiger partial charge < -0.3 is 10.1 Å². The summed E-state index contributed by atoms with van der Waals surface area (Å²) in [7, 11) is 0. The number of aryl methyl sites for hydroxylation is 2. The number of hydrogen-bond donors (Lipinski definition) is 1. The van der Waals surface area contributed by atoms with E-state index in [0.717, 1.165) is 69.3 Å². The summed E-state index contributed by atoms with van der Waals surface area (Å²) in [5, 5.41) is 3.42. The van der Waals surface area contributed by atoms with Crippen LogP contribution in [0, 0.1) is 31.1 Å². The second kappa shape index (κ2) is 8.10. The fraction of sp³-hybridized carbons (Fsp3) is 0.481. The van der Waals surface area contributed by atoms with Crippen LogP contribution in [0.1, 0.15) is 43.0 Å². The third-order valence-corrected chi connectivity index (χ3v) is 8.91. The van der Waals surface area contributed by atoms with Crippen LogP contribution in [0.3, 0.4) is 0 Å². The van der Waals surface area contributed by atoms with Crippen molar-refractivity contribution in [2.75, 3.05) is 13.1 Å². The normalized spacial score (nSPS) is 25.3. The van der Waals surface area contributed by atoms with E-state index in [9.17, 15) is 9.59 Å². The molecule has 3 atom stereocenters. The predicted molar refractivity (Wildman–Crippen MR) is 135 cm³/mol. The summed E-state index contributed by atoms with van der Waals surface area (Å²) in [6, 6.07) is 6.11. The summed E-state index contributed by atoms with van der Waals surface area (Å²) in [5.41, 5.74) is 4.54. The zero-order valence-electron chi connectivity index (χ0n) is 20.6. The summed E-state index contributed by atoms with van der Waals surface area (Å²) >= 11 is 1.60. The summed E-state index contributed by atoms with van der Waals surface area (Å²) in [6.45, 7) is 10.2. The molecule has 182 valence electrons. The smallest absolute Gasteiger partial charge is 0.234 e. The number of amides is 2. The van der Waals surface area contributed by atoms with E-state index < -0.39 is 0 Å². The highest BCUT2D eigenvalue weighted by Crippen LogP contribution is 2.63. The predicted octanol–water partition coefficient (Wildman–Crippen LogP) is 4.25. The lowest BCUT2D eigenvalue weighted by atomic mass is 10.0. The largest absolute Gasteiger partial charge is 0.487 e. The molecule has 3 aromatic heterocycles. The van der Waals surface area contributed by atoms with Crippen molar-refractivity contribution in [3.05, 3.63) is 40.7 Å². The maximum Gasteiger partial charge on any atom is 0.234 e. The number of carbonyl (C=O) groups excluding carboxylic acids is 2. The first kappa shape index (κ1) is 22.6. The molecule has 7 nitrogen and oxygen atoms in total. The van der Waals surface area contributed by atoms with E-state index in [1.54, 1.807) is 11.3 Å². The van der Waals surface area contributed by atoms with Crippen molar-refractivity contribution in [2.24, 2.45) is 17.3 Å².